The Hall–Kier alpha value is -1.50. The van der Waals surface area contributed by atoms with Gasteiger partial charge in [-0.05, 0) is 31.3 Å². The Morgan fingerprint density at radius 3 is 2.61 bits per heavy atom. The van der Waals surface area contributed by atoms with Crippen LogP contribution < -0.4 is 5.32 Å². The molecule has 0 bridgehead atoms. The minimum Gasteiger partial charge on any atom is -0.481 e. The Bertz CT molecular complexity index is 446. The second-order valence-corrected chi connectivity index (χ2v) is 5.06. The van der Waals surface area contributed by atoms with Gasteiger partial charge in [-0.2, -0.15) is 0 Å². The number of nitrogens with zero attached hydrogens (tertiary/aromatic N) is 2. The maximum atomic E-state index is 11.9. The molecule has 0 aromatic carbocycles. The fraction of sp³-hybridized carbons (Fsp3) is 0.636. The average molecular weight is 271 g/mol. The monoisotopic (exact) mass is 271 g/mol. The second kappa shape index (κ2) is 5.90. The first-order valence-electron chi connectivity index (χ1n) is 5.77. The van der Waals surface area contributed by atoms with Gasteiger partial charge in [-0.1, -0.05) is 18.3 Å². The standard InChI is InChI=1S/C11H17N3O3S/c1-4-7-8(18-14-13-7)9(15)12-6-11(3,5-2)10(16)17/h4-6H2,1-3H3,(H,12,15)(H,16,17). The van der Waals surface area contributed by atoms with E-state index in [9.17, 15) is 9.59 Å². The Kier molecular flexibility index (Phi) is 4.77. The van der Waals surface area contributed by atoms with Gasteiger partial charge in [-0.25, -0.2) is 0 Å². The van der Waals surface area contributed by atoms with Crippen LogP contribution in [-0.2, 0) is 11.2 Å². The number of rotatable bonds is 6. The fourth-order valence-corrected chi connectivity index (χ4v) is 1.99. The van der Waals surface area contributed by atoms with E-state index in [0.29, 0.717) is 23.4 Å². The summed E-state index contributed by atoms with van der Waals surface area (Å²) in [5.41, 5.74) is -0.300. The van der Waals surface area contributed by atoms with Crippen LogP contribution in [0, 0.1) is 5.41 Å². The molecule has 0 aliphatic rings. The molecule has 0 radical (unpaired) electrons. The summed E-state index contributed by atoms with van der Waals surface area (Å²) in [5.74, 6) is -1.22. The number of hydrogen-bond donors (Lipinski definition) is 2. The van der Waals surface area contributed by atoms with E-state index in [4.69, 9.17) is 5.11 Å². The summed E-state index contributed by atoms with van der Waals surface area (Å²) in [6, 6.07) is 0. The summed E-state index contributed by atoms with van der Waals surface area (Å²) in [4.78, 5) is 23.5. The van der Waals surface area contributed by atoms with Crippen molar-refractivity contribution in [2.45, 2.75) is 33.6 Å². The van der Waals surface area contributed by atoms with E-state index in [2.05, 4.69) is 14.9 Å². The predicted molar refractivity (Wildman–Crippen MR) is 67.7 cm³/mol. The number of carbonyl (C=O) groups is 2. The Balaban J connectivity index is 2.69. The number of aliphatic carboxylic acids is 1. The average Bonchev–Trinajstić information content (AvgIpc) is 2.83. The van der Waals surface area contributed by atoms with Gasteiger partial charge in [0.1, 0.15) is 4.88 Å². The molecule has 100 valence electrons. The van der Waals surface area contributed by atoms with Crippen LogP contribution in [-0.4, -0.2) is 33.1 Å². The molecule has 1 unspecified atom stereocenters. The lowest BCUT2D eigenvalue weighted by molar-refractivity contribution is -0.147. The zero-order valence-corrected chi connectivity index (χ0v) is 11.5. The molecule has 1 amide bonds. The van der Waals surface area contributed by atoms with Gasteiger partial charge in [0.2, 0.25) is 0 Å². The minimum atomic E-state index is -0.944. The van der Waals surface area contributed by atoms with E-state index in [1.807, 2.05) is 6.92 Å². The summed E-state index contributed by atoms with van der Waals surface area (Å²) >= 11 is 1.03. The van der Waals surface area contributed by atoms with Crippen molar-refractivity contribution < 1.29 is 14.7 Å². The van der Waals surface area contributed by atoms with Crippen molar-refractivity contribution in [1.82, 2.24) is 14.9 Å². The first-order valence-corrected chi connectivity index (χ1v) is 6.54. The maximum Gasteiger partial charge on any atom is 0.311 e. The van der Waals surface area contributed by atoms with Crippen molar-refractivity contribution in [1.29, 1.82) is 0 Å². The lowest BCUT2D eigenvalue weighted by Gasteiger charge is -2.22. The third-order valence-corrected chi connectivity index (χ3v) is 3.80. The number of hydrogen-bond acceptors (Lipinski definition) is 5. The van der Waals surface area contributed by atoms with Gasteiger partial charge < -0.3 is 10.4 Å². The molecular weight excluding hydrogens is 254 g/mol. The lowest BCUT2D eigenvalue weighted by Crippen LogP contribution is -2.40. The van der Waals surface area contributed by atoms with Crippen molar-refractivity contribution in [2.75, 3.05) is 6.54 Å². The van der Waals surface area contributed by atoms with E-state index in [1.165, 1.54) is 0 Å². The maximum absolute atomic E-state index is 11.9. The highest BCUT2D eigenvalue weighted by Gasteiger charge is 2.32. The third kappa shape index (κ3) is 3.04. The van der Waals surface area contributed by atoms with Gasteiger partial charge in [0.15, 0.2) is 0 Å². The molecule has 0 aliphatic heterocycles. The van der Waals surface area contributed by atoms with Gasteiger partial charge in [0, 0.05) is 6.54 Å². The fourth-order valence-electron chi connectivity index (χ4n) is 1.32. The lowest BCUT2D eigenvalue weighted by atomic mass is 9.88. The number of amides is 1. The van der Waals surface area contributed by atoms with Gasteiger partial charge in [0.05, 0.1) is 11.1 Å². The molecule has 0 aliphatic carbocycles. The summed E-state index contributed by atoms with van der Waals surface area (Å²) in [6.45, 7) is 5.38. The third-order valence-electron chi connectivity index (χ3n) is 3.03. The molecule has 7 heteroatoms. The van der Waals surface area contributed by atoms with E-state index < -0.39 is 11.4 Å². The van der Waals surface area contributed by atoms with Gasteiger partial charge >= 0.3 is 5.97 Å². The van der Waals surface area contributed by atoms with Crippen LogP contribution in [0.15, 0.2) is 0 Å². The van der Waals surface area contributed by atoms with Crippen LogP contribution in [0.1, 0.15) is 42.6 Å². The second-order valence-electron chi connectivity index (χ2n) is 4.30. The molecule has 0 spiro atoms. The Morgan fingerprint density at radius 1 is 1.44 bits per heavy atom. The smallest absolute Gasteiger partial charge is 0.311 e. The number of aryl methyl sites for hydroxylation is 1. The largest absolute Gasteiger partial charge is 0.481 e. The topological polar surface area (TPSA) is 92.2 Å². The van der Waals surface area contributed by atoms with Crippen LogP contribution in [0.5, 0.6) is 0 Å². The van der Waals surface area contributed by atoms with Crippen LogP contribution >= 0.6 is 11.5 Å². The molecule has 0 saturated heterocycles. The van der Waals surface area contributed by atoms with Crippen molar-refractivity contribution in [3.63, 3.8) is 0 Å². The first-order chi connectivity index (χ1) is 8.44. The number of aromatic nitrogens is 2. The normalized spacial score (nSPS) is 13.9. The number of nitrogens with one attached hydrogen (secondary N) is 1. The SMILES string of the molecule is CCc1nnsc1C(=O)NCC(C)(CC)C(=O)O. The van der Waals surface area contributed by atoms with E-state index in [0.717, 1.165) is 11.5 Å². The number of carboxylic acid groups (broad SMARTS) is 1. The quantitative estimate of drug-likeness (QED) is 0.814. The molecule has 1 rings (SSSR count). The Labute approximate surface area is 110 Å². The molecule has 6 nitrogen and oxygen atoms in total. The highest BCUT2D eigenvalue weighted by molar-refractivity contribution is 7.08. The molecule has 2 N–H and O–H groups in total. The molecule has 0 saturated carbocycles. The van der Waals surface area contributed by atoms with E-state index >= 15 is 0 Å². The van der Waals surface area contributed by atoms with Crippen molar-refractivity contribution in [3.05, 3.63) is 10.6 Å². The molecule has 18 heavy (non-hydrogen) atoms. The number of carboxylic acids is 1. The minimum absolute atomic E-state index is 0.0960. The van der Waals surface area contributed by atoms with Crippen LogP contribution in [0.3, 0.4) is 0 Å². The van der Waals surface area contributed by atoms with Crippen molar-refractivity contribution in [2.24, 2.45) is 5.41 Å². The van der Waals surface area contributed by atoms with E-state index in [-0.39, 0.29) is 12.5 Å². The molecule has 0 fully saturated rings. The summed E-state index contributed by atoms with van der Waals surface area (Å²) in [7, 11) is 0. The molecule has 1 aromatic heterocycles. The molecule has 1 atom stereocenters. The molecule has 1 aromatic rings. The van der Waals surface area contributed by atoms with Gasteiger partial charge in [-0.3, -0.25) is 9.59 Å². The number of carbonyl (C=O) groups excluding carboxylic acids is 1. The summed E-state index contributed by atoms with van der Waals surface area (Å²) in [5, 5.41) is 15.6. The highest BCUT2D eigenvalue weighted by atomic mass is 32.1. The van der Waals surface area contributed by atoms with Gasteiger partial charge in [0.25, 0.3) is 5.91 Å². The molecule has 1 heterocycles. The zero-order chi connectivity index (χ0) is 13.8. The van der Waals surface area contributed by atoms with Gasteiger partial charge in [-0.15, -0.1) is 5.10 Å². The van der Waals surface area contributed by atoms with Crippen LogP contribution in [0.25, 0.3) is 0 Å². The zero-order valence-electron chi connectivity index (χ0n) is 10.7. The van der Waals surface area contributed by atoms with Crippen LogP contribution in [0.4, 0.5) is 0 Å². The first kappa shape index (κ1) is 14.6. The summed E-state index contributed by atoms with van der Waals surface area (Å²) in [6.07, 6.45) is 1.08. The molecular formula is C11H17N3O3S. The summed E-state index contributed by atoms with van der Waals surface area (Å²) < 4.78 is 3.73. The highest BCUT2D eigenvalue weighted by Crippen LogP contribution is 2.20. The Morgan fingerprint density at radius 2 is 2.11 bits per heavy atom. The van der Waals surface area contributed by atoms with E-state index in [1.54, 1.807) is 13.8 Å². The predicted octanol–water partition coefficient (Wildman–Crippen LogP) is 1.33. The van der Waals surface area contributed by atoms with Crippen molar-refractivity contribution >= 4 is 23.4 Å². The van der Waals surface area contributed by atoms with Crippen molar-refractivity contribution in [3.8, 4) is 0 Å². The van der Waals surface area contributed by atoms with Crippen LogP contribution in [0.2, 0.25) is 0 Å².